The number of hydrogen-bond acceptors (Lipinski definition) is 4. The largest absolute Gasteiger partial charge is 0.311 e. The number of rotatable bonds is 6. The Morgan fingerprint density at radius 2 is 2.50 bits per heavy atom. The van der Waals surface area contributed by atoms with Gasteiger partial charge in [-0.1, -0.05) is 13.0 Å². The lowest BCUT2D eigenvalue weighted by Gasteiger charge is -2.22. The summed E-state index contributed by atoms with van der Waals surface area (Å²) in [4.78, 5) is 3.83. The molecule has 2 aromatic rings. The highest BCUT2D eigenvalue weighted by Gasteiger charge is 2.22. The minimum atomic E-state index is 0.706. The molecule has 0 aliphatic carbocycles. The lowest BCUT2D eigenvalue weighted by atomic mass is 10.2. The number of aromatic nitrogens is 2. The van der Waals surface area contributed by atoms with E-state index in [1.54, 1.807) is 11.3 Å². The highest BCUT2D eigenvalue weighted by molar-refractivity contribution is 7.13. The Labute approximate surface area is 124 Å². The summed E-state index contributed by atoms with van der Waals surface area (Å²) in [5.41, 5.74) is 2.42. The number of hydrogen-bond donors (Lipinski definition) is 2. The summed E-state index contributed by atoms with van der Waals surface area (Å²) in [5, 5.41) is 13.0. The summed E-state index contributed by atoms with van der Waals surface area (Å²) in [6.45, 7) is 6.64. The number of thiophene rings is 1. The van der Waals surface area contributed by atoms with E-state index in [-0.39, 0.29) is 0 Å². The predicted octanol–water partition coefficient (Wildman–Crippen LogP) is 2.71. The van der Waals surface area contributed by atoms with Gasteiger partial charge in [0.05, 0.1) is 16.8 Å². The average molecular weight is 290 g/mol. The van der Waals surface area contributed by atoms with E-state index in [0.717, 1.165) is 18.8 Å². The van der Waals surface area contributed by atoms with Gasteiger partial charge < -0.3 is 5.32 Å². The molecule has 3 heterocycles. The van der Waals surface area contributed by atoms with Gasteiger partial charge in [-0.2, -0.15) is 5.10 Å². The standard InChI is InChI=1S/C15H22N4S/c1-2-19-7-3-5-13(19)11-16-9-12-10-17-18-15(12)14-6-4-8-20-14/h4,6,8,10,13,16H,2-3,5,7,9,11H2,1H3,(H,17,18)/t13-/m1/s1. The van der Waals surface area contributed by atoms with Gasteiger partial charge in [-0.05, 0) is 37.4 Å². The highest BCUT2D eigenvalue weighted by Crippen LogP contribution is 2.25. The fourth-order valence-corrected chi connectivity index (χ4v) is 3.75. The molecule has 1 aliphatic rings. The molecular formula is C15H22N4S. The topological polar surface area (TPSA) is 44.0 Å². The maximum Gasteiger partial charge on any atom is 0.0794 e. The van der Waals surface area contributed by atoms with Crippen LogP contribution in [0.1, 0.15) is 25.3 Å². The third-order valence-corrected chi connectivity index (χ3v) is 4.97. The molecule has 1 fully saturated rings. The van der Waals surface area contributed by atoms with Crippen molar-refractivity contribution in [3.8, 4) is 10.6 Å². The highest BCUT2D eigenvalue weighted by atomic mass is 32.1. The molecule has 0 saturated carbocycles. The molecule has 1 saturated heterocycles. The smallest absolute Gasteiger partial charge is 0.0794 e. The molecule has 2 N–H and O–H groups in total. The number of aromatic amines is 1. The maximum absolute atomic E-state index is 4.19. The molecule has 0 spiro atoms. The minimum Gasteiger partial charge on any atom is -0.311 e. The first-order valence-electron chi connectivity index (χ1n) is 7.39. The van der Waals surface area contributed by atoms with Gasteiger partial charge in [0.2, 0.25) is 0 Å². The molecule has 0 amide bonds. The molecule has 0 radical (unpaired) electrons. The van der Waals surface area contributed by atoms with Gasteiger partial charge in [0, 0.05) is 24.7 Å². The van der Waals surface area contributed by atoms with Crippen LogP contribution in [0.15, 0.2) is 23.7 Å². The van der Waals surface area contributed by atoms with Crippen molar-refractivity contribution in [3.63, 3.8) is 0 Å². The second-order valence-electron chi connectivity index (χ2n) is 5.30. The van der Waals surface area contributed by atoms with Crippen LogP contribution in [0.5, 0.6) is 0 Å². The molecule has 5 heteroatoms. The van der Waals surface area contributed by atoms with Crippen LogP contribution in [0.2, 0.25) is 0 Å². The van der Waals surface area contributed by atoms with Gasteiger partial charge in [0.25, 0.3) is 0 Å². The van der Waals surface area contributed by atoms with E-state index in [9.17, 15) is 0 Å². The molecule has 3 rings (SSSR count). The fraction of sp³-hybridized carbons (Fsp3) is 0.533. The van der Waals surface area contributed by atoms with Crippen molar-refractivity contribution in [1.82, 2.24) is 20.4 Å². The van der Waals surface area contributed by atoms with E-state index in [0.29, 0.717) is 6.04 Å². The summed E-state index contributed by atoms with van der Waals surface area (Å²) in [5.74, 6) is 0. The minimum absolute atomic E-state index is 0.706. The summed E-state index contributed by atoms with van der Waals surface area (Å²) in [6.07, 6.45) is 4.60. The normalized spacial score (nSPS) is 19.8. The zero-order chi connectivity index (χ0) is 13.8. The van der Waals surface area contributed by atoms with Gasteiger partial charge in [0.15, 0.2) is 0 Å². The first-order chi connectivity index (χ1) is 9.88. The van der Waals surface area contributed by atoms with E-state index in [1.165, 1.54) is 36.4 Å². The van der Waals surface area contributed by atoms with Crippen molar-refractivity contribution in [2.24, 2.45) is 0 Å². The second-order valence-corrected chi connectivity index (χ2v) is 6.25. The van der Waals surface area contributed by atoms with E-state index in [4.69, 9.17) is 0 Å². The van der Waals surface area contributed by atoms with Crippen molar-refractivity contribution in [3.05, 3.63) is 29.3 Å². The van der Waals surface area contributed by atoms with Crippen molar-refractivity contribution in [2.45, 2.75) is 32.4 Å². The molecule has 0 aromatic carbocycles. The monoisotopic (exact) mass is 290 g/mol. The van der Waals surface area contributed by atoms with Crippen LogP contribution in [-0.4, -0.2) is 40.8 Å². The molecule has 1 atom stereocenters. The van der Waals surface area contributed by atoms with Gasteiger partial charge in [-0.25, -0.2) is 0 Å². The van der Waals surface area contributed by atoms with Crippen molar-refractivity contribution < 1.29 is 0 Å². The van der Waals surface area contributed by atoms with Crippen molar-refractivity contribution >= 4 is 11.3 Å². The Balaban J connectivity index is 1.56. The summed E-state index contributed by atoms with van der Waals surface area (Å²) in [6, 6.07) is 4.92. The molecule has 108 valence electrons. The van der Waals surface area contributed by atoms with Crippen LogP contribution in [0.4, 0.5) is 0 Å². The Hall–Kier alpha value is -1.17. The summed E-state index contributed by atoms with van der Waals surface area (Å²) in [7, 11) is 0. The van der Waals surface area contributed by atoms with Crippen LogP contribution in [0.25, 0.3) is 10.6 Å². The van der Waals surface area contributed by atoms with Crippen LogP contribution in [-0.2, 0) is 6.54 Å². The molecular weight excluding hydrogens is 268 g/mol. The number of likely N-dealkylation sites (N-methyl/N-ethyl adjacent to an activating group) is 1. The van der Waals surface area contributed by atoms with E-state index in [1.807, 2.05) is 6.20 Å². The van der Waals surface area contributed by atoms with E-state index in [2.05, 4.69) is 44.9 Å². The maximum atomic E-state index is 4.19. The Bertz CT molecular complexity index is 520. The third-order valence-electron chi connectivity index (χ3n) is 4.09. The average Bonchev–Trinajstić information content (AvgIpc) is 3.20. The lowest BCUT2D eigenvalue weighted by Crippen LogP contribution is -2.37. The van der Waals surface area contributed by atoms with Crippen molar-refractivity contribution in [1.29, 1.82) is 0 Å². The van der Waals surface area contributed by atoms with Crippen LogP contribution < -0.4 is 5.32 Å². The van der Waals surface area contributed by atoms with E-state index < -0.39 is 0 Å². The number of nitrogens with one attached hydrogen (secondary N) is 2. The van der Waals surface area contributed by atoms with Crippen LogP contribution in [0.3, 0.4) is 0 Å². The van der Waals surface area contributed by atoms with Gasteiger partial charge in [-0.3, -0.25) is 10.00 Å². The zero-order valence-electron chi connectivity index (χ0n) is 11.9. The lowest BCUT2D eigenvalue weighted by molar-refractivity contribution is 0.260. The van der Waals surface area contributed by atoms with Crippen molar-refractivity contribution in [2.75, 3.05) is 19.6 Å². The summed E-state index contributed by atoms with van der Waals surface area (Å²) >= 11 is 1.75. The number of H-pyrrole nitrogens is 1. The fourth-order valence-electron chi connectivity index (χ4n) is 3.00. The van der Waals surface area contributed by atoms with Crippen LogP contribution in [0, 0.1) is 0 Å². The number of likely N-dealkylation sites (tertiary alicyclic amines) is 1. The molecule has 0 bridgehead atoms. The van der Waals surface area contributed by atoms with Gasteiger partial charge >= 0.3 is 0 Å². The van der Waals surface area contributed by atoms with Gasteiger partial charge in [-0.15, -0.1) is 11.3 Å². The Morgan fingerprint density at radius 1 is 1.55 bits per heavy atom. The second kappa shape index (κ2) is 6.52. The van der Waals surface area contributed by atoms with Crippen LogP contribution >= 0.6 is 11.3 Å². The van der Waals surface area contributed by atoms with E-state index >= 15 is 0 Å². The number of nitrogens with zero attached hydrogens (tertiary/aromatic N) is 2. The molecule has 20 heavy (non-hydrogen) atoms. The molecule has 1 aliphatic heterocycles. The predicted molar refractivity (Wildman–Crippen MR) is 83.9 cm³/mol. The zero-order valence-corrected chi connectivity index (χ0v) is 12.7. The first-order valence-corrected chi connectivity index (χ1v) is 8.27. The third kappa shape index (κ3) is 2.95. The quantitative estimate of drug-likeness (QED) is 0.860. The van der Waals surface area contributed by atoms with Gasteiger partial charge in [0.1, 0.15) is 0 Å². The Morgan fingerprint density at radius 3 is 3.30 bits per heavy atom. The Kier molecular flexibility index (Phi) is 4.50. The molecule has 2 aromatic heterocycles. The molecule has 0 unspecified atom stereocenters. The SMILES string of the molecule is CCN1CCC[C@@H]1CNCc1cn[nH]c1-c1cccs1. The molecule has 4 nitrogen and oxygen atoms in total. The first kappa shape index (κ1) is 13.8. The summed E-state index contributed by atoms with van der Waals surface area (Å²) < 4.78 is 0.